The van der Waals surface area contributed by atoms with Crippen LogP contribution in [0.25, 0.3) is 0 Å². The van der Waals surface area contributed by atoms with Gasteiger partial charge in [-0.25, -0.2) is 9.59 Å². The molecule has 0 saturated heterocycles. The first kappa shape index (κ1) is 20.3. The number of benzene rings is 1. The summed E-state index contributed by atoms with van der Waals surface area (Å²) < 4.78 is 43.7. The summed E-state index contributed by atoms with van der Waals surface area (Å²) in [5.41, 5.74) is -2.06. The molecular formula is C16H17F3N2O6. The Bertz CT molecular complexity index is 772. The second-order valence-corrected chi connectivity index (χ2v) is 6.74. The third-order valence-corrected chi connectivity index (χ3v) is 3.40. The molecule has 2 rings (SSSR count). The summed E-state index contributed by atoms with van der Waals surface area (Å²) >= 11 is 0. The van der Waals surface area contributed by atoms with Gasteiger partial charge in [0.15, 0.2) is 0 Å². The average molecular weight is 390 g/mol. The maximum absolute atomic E-state index is 12.9. The number of fused-ring (bicyclic) bond motifs is 1. The van der Waals surface area contributed by atoms with Gasteiger partial charge in [0, 0.05) is 6.42 Å². The van der Waals surface area contributed by atoms with Crippen molar-refractivity contribution in [2.75, 3.05) is 5.06 Å². The average Bonchev–Trinajstić information content (AvgIpc) is 2.47. The Morgan fingerprint density at radius 2 is 1.89 bits per heavy atom. The molecule has 27 heavy (non-hydrogen) atoms. The summed E-state index contributed by atoms with van der Waals surface area (Å²) in [7, 11) is 0. The lowest BCUT2D eigenvalue weighted by Crippen LogP contribution is -2.53. The van der Waals surface area contributed by atoms with E-state index in [1.165, 1.54) is 0 Å². The molecule has 0 saturated carbocycles. The van der Waals surface area contributed by atoms with E-state index in [0.29, 0.717) is 5.06 Å². The molecular weight excluding hydrogens is 373 g/mol. The van der Waals surface area contributed by atoms with Crippen molar-refractivity contribution in [3.05, 3.63) is 29.3 Å². The van der Waals surface area contributed by atoms with Crippen LogP contribution in [-0.4, -0.2) is 34.9 Å². The largest absolute Gasteiger partial charge is 0.534 e. The zero-order chi connectivity index (χ0) is 20.6. The van der Waals surface area contributed by atoms with Crippen molar-refractivity contribution in [2.45, 2.75) is 45.0 Å². The van der Waals surface area contributed by atoms with Crippen LogP contribution in [0.15, 0.2) is 18.2 Å². The van der Waals surface area contributed by atoms with Gasteiger partial charge in [0.1, 0.15) is 11.6 Å². The number of rotatable bonds is 2. The van der Waals surface area contributed by atoms with Crippen LogP contribution in [0, 0.1) is 0 Å². The molecule has 11 heteroatoms. The Labute approximate surface area is 151 Å². The predicted molar refractivity (Wildman–Crippen MR) is 84.9 cm³/mol. The fourth-order valence-electron chi connectivity index (χ4n) is 2.39. The van der Waals surface area contributed by atoms with Crippen molar-refractivity contribution in [1.82, 2.24) is 5.32 Å². The van der Waals surface area contributed by atoms with Crippen molar-refractivity contribution in [3.8, 4) is 0 Å². The summed E-state index contributed by atoms with van der Waals surface area (Å²) in [6.45, 7) is 4.64. The van der Waals surface area contributed by atoms with Gasteiger partial charge < -0.3 is 15.2 Å². The SMILES string of the molecule is CC(C)(C)OC(=O)ON1C(=O)C(NC(=O)O)Cc2cc(C(F)(F)F)ccc21. The molecule has 1 aliphatic rings. The molecule has 0 bridgehead atoms. The zero-order valence-corrected chi connectivity index (χ0v) is 14.6. The molecule has 0 spiro atoms. The van der Waals surface area contributed by atoms with E-state index in [1.54, 1.807) is 20.8 Å². The van der Waals surface area contributed by atoms with Crippen LogP contribution in [-0.2, 0) is 27.0 Å². The lowest BCUT2D eigenvalue weighted by atomic mass is 9.96. The molecule has 0 aliphatic carbocycles. The molecule has 0 radical (unpaired) electrons. The summed E-state index contributed by atoms with van der Waals surface area (Å²) in [5, 5.41) is 11.2. The van der Waals surface area contributed by atoms with Crippen molar-refractivity contribution < 1.29 is 42.2 Å². The highest BCUT2D eigenvalue weighted by molar-refractivity contribution is 6.01. The van der Waals surface area contributed by atoms with Crippen LogP contribution in [0.1, 0.15) is 31.9 Å². The number of carboxylic acid groups (broad SMARTS) is 1. The van der Waals surface area contributed by atoms with E-state index < -0.39 is 41.5 Å². The number of alkyl halides is 3. The van der Waals surface area contributed by atoms with Crippen LogP contribution >= 0.6 is 0 Å². The molecule has 2 amide bonds. The number of nitrogens with one attached hydrogen (secondary N) is 1. The molecule has 8 nitrogen and oxygen atoms in total. The maximum Gasteiger partial charge on any atom is 0.534 e. The summed E-state index contributed by atoms with van der Waals surface area (Å²) in [5.74, 6) is -0.962. The minimum Gasteiger partial charge on any atom is -0.465 e. The third-order valence-electron chi connectivity index (χ3n) is 3.40. The molecule has 1 aromatic carbocycles. The Balaban J connectivity index is 2.41. The number of hydrogen-bond donors (Lipinski definition) is 2. The van der Waals surface area contributed by atoms with Gasteiger partial charge in [-0.3, -0.25) is 9.63 Å². The zero-order valence-electron chi connectivity index (χ0n) is 14.6. The predicted octanol–water partition coefficient (Wildman–Crippen LogP) is 3.10. The Morgan fingerprint density at radius 1 is 1.26 bits per heavy atom. The molecule has 1 unspecified atom stereocenters. The van der Waals surface area contributed by atoms with Crippen molar-refractivity contribution >= 4 is 23.8 Å². The first-order valence-electron chi connectivity index (χ1n) is 7.72. The van der Waals surface area contributed by atoms with E-state index in [9.17, 15) is 27.6 Å². The molecule has 1 aliphatic heterocycles. The van der Waals surface area contributed by atoms with Gasteiger partial charge in [0.25, 0.3) is 5.91 Å². The Morgan fingerprint density at radius 3 is 2.41 bits per heavy atom. The van der Waals surface area contributed by atoms with Crippen molar-refractivity contribution in [1.29, 1.82) is 0 Å². The van der Waals surface area contributed by atoms with E-state index in [1.807, 2.05) is 5.32 Å². The monoisotopic (exact) mass is 390 g/mol. The molecule has 1 atom stereocenters. The first-order valence-corrected chi connectivity index (χ1v) is 7.72. The van der Waals surface area contributed by atoms with Crippen LogP contribution < -0.4 is 10.4 Å². The van der Waals surface area contributed by atoms with E-state index >= 15 is 0 Å². The minimum absolute atomic E-state index is 0.0215. The highest BCUT2D eigenvalue weighted by Crippen LogP contribution is 2.35. The molecule has 1 heterocycles. The van der Waals surface area contributed by atoms with Crippen LogP contribution in [0.4, 0.5) is 28.4 Å². The second kappa shape index (κ2) is 6.97. The van der Waals surface area contributed by atoms with Crippen LogP contribution in [0.2, 0.25) is 0 Å². The first-order chi connectivity index (χ1) is 12.3. The van der Waals surface area contributed by atoms with E-state index in [0.717, 1.165) is 18.2 Å². The quantitative estimate of drug-likeness (QED) is 0.752. The van der Waals surface area contributed by atoms with Gasteiger partial charge in [-0.15, -0.1) is 5.06 Å². The second-order valence-electron chi connectivity index (χ2n) is 6.74. The summed E-state index contributed by atoms with van der Waals surface area (Å²) in [6, 6.07) is 1.03. The highest BCUT2D eigenvalue weighted by atomic mass is 19.4. The normalized spacial score (nSPS) is 17.2. The lowest BCUT2D eigenvalue weighted by Gasteiger charge is -2.32. The van der Waals surface area contributed by atoms with Gasteiger partial charge in [-0.05, 0) is 44.5 Å². The van der Waals surface area contributed by atoms with Gasteiger partial charge in [-0.1, -0.05) is 0 Å². The number of hydroxylamine groups is 1. The molecule has 2 N–H and O–H groups in total. The van der Waals surface area contributed by atoms with Gasteiger partial charge in [0.2, 0.25) is 0 Å². The number of halogens is 3. The fourth-order valence-corrected chi connectivity index (χ4v) is 2.39. The standard InChI is InChI=1S/C16H17F3N2O6/c1-15(2,3)26-14(25)27-21-11-5-4-9(16(17,18)19)6-8(11)7-10(12(21)22)20-13(23)24/h4-6,10,20H,7H2,1-3H3,(H,23,24). The number of ether oxygens (including phenoxy) is 1. The molecule has 1 aromatic rings. The number of carbonyl (C=O) groups excluding carboxylic acids is 2. The van der Waals surface area contributed by atoms with Crippen LogP contribution in [0.5, 0.6) is 0 Å². The smallest absolute Gasteiger partial charge is 0.465 e. The Hall–Kier alpha value is -2.98. The van der Waals surface area contributed by atoms with E-state index in [-0.39, 0.29) is 17.7 Å². The Kier molecular flexibility index (Phi) is 5.25. The molecule has 0 aromatic heterocycles. The van der Waals surface area contributed by atoms with Crippen LogP contribution in [0.3, 0.4) is 0 Å². The minimum atomic E-state index is -4.64. The van der Waals surface area contributed by atoms with Gasteiger partial charge >= 0.3 is 18.4 Å². The molecule has 148 valence electrons. The van der Waals surface area contributed by atoms with E-state index in [2.05, 4.69) is 0 Å². The van der Waals surface area contributed by atoms with E-state index in [4.69, 9.17) is 14.7 Å². The maximum atomic E-state index is 12.9. The fraction of sp³-hybridized carbons (Fsp3) is 0.438. The lowest BCUT2D eigenvalue weighted by molar-refractivity contribution is -0.137. The number of carbonyl (C=O) groups is 3. The van der Waals surface area contributed by atoms with Gasteiger partial charge in [-0.2, -0.15) is 13.2 Å². The number of amides is 2. The highest BCUT2D eigenvalue weighted by Gasteiger charge is 2.39. The van der Waals surface area contributed by atoms with Crippen molar-refractivity contribution in [3.63, 3.8) is 0 Å². The summed E-state index contributed by atoms with van der Waals surface area (Å²) in [4.78, 5) is 40.1. The number of anilines is 1. The topological polar surface area (TPSA) is 105 Å². The van der Waals surface area contributed by atoms with Crippen molar-refractivity contribution in [2.24, 2.45) is 0 Å². The number of hydrogen-bond acceptors (Lipinski definition) is 5. The number of nitrogens with zero attached hydrogens (tertiary/aromatic N) is 1. The molecule has 0 fully saturated rings. The van der Waals surface area contributed by atoms with Gasteiger partial charge in [0.05, 0.1) is 11.3 Å². The third kappa shape index (κ3) is 5.02. The summed E-state index contributed by atoms with van der Waals surface area (Å²) in [6.07, 6.45) is -7.79.